The van der Waals surface area contributed by atoms with Crippen molar-refractivity contribution < 1.29 is 4.74 Å². The highest BCUT2D eigenvalue weighted by Gasteiger charge is 2.11. The summed E-state index contributed by atoms with van der Waals surface area (Å²) in [6.45, 7) is 6.17. The summed E-state index contributed by atoms with van der Waals surface area (Å²) >= 11 is 1.69. The van der Waals surface area contributed by atoms with Crippen molar-refractivity contribution in [3.8, 4) is 6.01 Å². The van der Waals surface area contributed by atoms with Crippen LogP contribution in [-0.4, -0.2) is 35.2 Å². The Labute approximate surface area is 129 Å². The molecule has 0 spiro atoms. The molecule has 6 nitrogen and oxygen atoms in total. The normalized spacial score (nSPS) is 10.4. The van der Waals surface area contributed by atoms with Crippen molar-refractivity contribution in [2.24, 2.45) is 0 Å². The summed E-state index contributed by atoms with van der Waals surface area (Å²) in [4.78, 5) is 15.1. The second kappa shape index (κ2) is 7.78. The highest BCUT2D eigenvalue weighted by Crippen LogP contribution is 2.17. The molecule has 0 aliphatic rings. The molecule has 0 radical (unpaired) electrons. The highest BCUT2D eigenvalue weighted by atomic mass is 32.1. The first-order chi connectivity index (χ1) is 10.2. The lowest BCUT2D eigenvalue weighted by Crippen LogP contribution is -2.20. The molecule has 0 bridgehead atoms. The van der Waals surface area contributed by atoms with Gasteiger partial charge in [0.2, 0.25) is 11.9 Å². The van der Waals surface area contributed by atoms with Gasteiger partial charge in [0, 0.05) is 20.1 Å². The summed E-state index contributed by atoms with van der Waals surface area (Å²) in [7, 11) is 1.96. The average Bonchev–Trinajstić information content (AvgIpc) is 2.98. The van der Waals surface area contributed by atoms with E-state index in [2.05, 4.69) is 44.0 Å². The predicted octanol–water partition coefficient (Wildman–Crippen LogP) is 2.79. The molecule has 2 aromatic rings. The number of nitrogens with one attached hydrogen (secondary N) is 1. The Balaban J connectivity index is 2.17. The van der Waals surface area contributed by atoms with Gasteiger partial charge in [0.15, 0.2) is 0 Å². The first-order valence-corrected chi connectivity index (χ1v) is 8.02. The van der Waals surface area contributed by atoms with Gasteiger partial charge < -0.3 is 15.0 Å². The zero-order chi connectivity index (χ0) is 15.1. The van der Waals surface area contributed by atoms with Gasteiger partial charge in [0.1, 0.15) is 0 Å². The van der Waals surface area contributed by atoms with Crippen molar-refractivity contribution >= 4 is 23.2 Å². The summed E-state index contributed by atoms with van der Waals surface area (Å²) in [6, 6.07) is 2.47. The van der Waals surface area contributed by atoms with Crippen LogP contribution in [0.3, 0.4) is 0 Å². The molecular formula is C14H21N5OS. The quantitative estimate of drug-likeness (QED) is 0.809. The van der Waals surface area contributed by atoms with E-state index in [4.69, 9.17) is 4.74 Å². The molecular weight excluding hydrogens is 286 g/mol. The Kier molecular flexibility index (Phi) is 5.74. The van der Waals surface area contributed by atoms with E-state index in [1.54, 1.807) is 11.3 Å². The van der Waals surface area contributed by atoms with E-state index < -0.39 is 0 Å². The summed E-state index contributed by atoms with van der Waals surface area (Å²) in [5, 5.41) is 7.30. The van der Waals surface area contributed by atoms with Gasteiger partial charge in [-0.25, -0.2) is 0 Å². The fourth-order valence-electron chi connectivity index (χ4n) is 1.74. The minimum absolute atomic E-state index is 0.370. The number of thiophene rings is 1. The van der Waals surface area contributed by atoms with E-state index in [9.17, 15) is 0 Å². The molecule has 0 saturated heterocycles. The van der Waals surface area contributed by atoms with Gasteiger partial charge in [-0.15, -0.1) is 0 Å². The molecule has 2 heterocycles. The van der Waals surface area contributed by atoms with Crippen LogP contribution in [0.4, 0.5) is 11.9 Å². The maximum absolute atomic E-state index is 5.54. The van der Waals surface area contributed by atoms with Gasteiger partial charge in [0.25, 0.3) is 0 Å². The van der Waals surface area contributed by atoms with Crippen molar-refractivity contribution in [2.45, 2.75) is 26.8 Å². The Hall–Kier alpha value is -1.89. The van der Waals surface area contributed by atoms with Crippen LogP contribution in [0.1, 0.15) is 25.8 Å². The topological polar surface area (TPSA) is 63.2 Å². The van der Waals surface area contributed by atoms with E-state index in [1.165, 1.54) is 5.56 Å². The molecule has 2 rings (SSSR count). The molecule has 0 amide bonds. The fourth-order valence-corrected chi connectivity index (χ4v) is 2.40. The lowest BCUT2D eigenvalue weighted by Gasteiger charge is -2.17. The zero-order valence-electron chi connectivity index (χ0n) is 12.7. The predicted molar refractivity (Wildman–Crippen MR) is 86.2 cm³/mol. The summed E-state index contributed by atoms with van der Waals surface area (Å²) in [5.74, 6) is 1.16. The number of hydrogen-bond donors (Lipinski definition) is 1. The lowest BCUT2D eigenvalue weighted by atomic mass is 10.3. The largest absolute Gasteiger partial charge is 0.463 e. The van der Waals surface area contributed by atoms with Crippen LogP contribution in [0.5, 0.6) is 6.01 Å². The molecule has 0 fully saturated rings. The third-order valence-electron chi connectivity index (χ3n) is 2.71. The molecule has 21 heavy (non-hydrogen) atoms. The van der Waals surface area contributed by atoms with Crippen LogP contribution in [0.2, 0.25) is 0 Å². The number of aromatic nitrogens is 3. The first kappa shape index (κ1) is 15.5. The number of ether oxygens (including phenoxy) is 1. The summed E-state index contributed by atoms with van der Waals surface area (Å²) in [5.41, 5.74) is 1.24. The second-order valence-electron chi connectivity index (χ2n) is 4.61. The number of rotatable bonds is 8. The Morgan fingerprint density at radius 3 is 2.81 bits per heavy atom. The van der Waals surface area contributed by atoms with E-state index >= 15 is 0 Å². The zero-order valence-corrected chi connectivity index (χ0v) is 13.5. The van der Waals surface area contributed by atoms with Crippen LogP contribution in [0.25, 0.3) is 0 Å². The molecule has 114 valence electrons. The number of nitrogens with zero attached hydrogens (tertiary/aromatic N) is 4. The lowest BCUT2D eigenvalue weighted by molar-refractivity contribution is 0.292. The van der Waals surface area contributed by atoms with Gasteiger partial charge in [-0.05, 0) is 35.7 Å². The SMILES string of the molecule is CCCOc1nc(NCC)nc(N(C)Cc2ccsc2)n1. The van der Waals surface area contributed by atoms with Crippen LogP contribution >= 0.6 is 11.3 Å². The van der Waals surface area contributed by atoms with Crippen LogP contribution in [-0.2, 0) is 6.54 Å². The molecule has 2 aromatic heterocycles. The Morgan fingerprint density at radius 1 is 1.29 bits per heavy atom. The highest BCUT2D eigenvalue weighted by molar-refractivity contribution is 7.07. The van der Waals surface area contributed by atoms with E-state index in [-0.39, 0.29) is 0 Å². The minimum atomic E-state index is 0.370. The van der Waals surface area contributed by atoms with Crippen LogP contribution in [0.15, 0.2) is 16.8 Å². The third kappa shape index (κ3) is 4.56. The molecule has 0 saturated carbocycles. The van der Waals surface area contributed by atoms with Crippen LogP contribution in [0, 0.1) is 0 Å². The fraction of sp³-hybridized carbons (Fsp3) is 0.500. The van der Waals surface area contributed by atoms with Gasteiger partial charge in [-0.2, -0.15) is 26.3 Å². The van der Waals surface area contributed by atoms with E-state index in [0.717, 1.165) is 19.5 Å². The van der Waals surface area contributed by atoms with Crippen molar-refractivity contribution in [2.75, 3.05) is 30.4 Å². The van der Waals surface area contributed by atoms with Gasteiger partial charge in [0.05, 0.1) is 6.61 Å². The molecule has 0 aliphatic carbocycles. The van der Waals surface area contributed by atoms with Gasteiger partial charge in [-0.3, -0.25) is 0 Å². The average molecular weight is 307 g/mol. The Bertz CT molecular complexity index is 546. The first-order valence-electron chi connectivity index (χ1n) is 7.07. The smallest absolute Gasteiger partial charge is 0.323 e. The van der Waals surface area contributed by atoms with E-state index in [1.807, 2.05) is 18.9 Å². The maximum atomic E-state index is 5.54. The standard InChI is InChI=1S/C14H21N5OS/c1-4-7-20-14-17-12(15-5-2)16-13(18-14)19(3)9-11-6-8-21-10-11/h6,8,10H,4-5,7,9H2,1-3H3,(H,15,16,17,18). The molecule has 7 heteroatoms. The van der Waals surface area contributed by atoms with Crippen molar-refractivity contribution in [1.29, 1.82) is 0 Å². The summed E-state index contributed by atoms with van der Waals surface area (Å²) in [6.07, 6.45) is 0.919. The monoisotopic (exact) mass is 307 g/mol. The molecule has 0 unspecified atom stereocenters. The molecule has 0 aliphatic heterocycles. The third-order valence-corrected chi connectivity index (χ3v) is 3.45. The van der Waals surface area contributed by atoms with E-state index in [0.29, 0.717) is 24.5 Å². The van der Waals surface area contributed by atoms with Crippen LogP contribution < -0.4 is 15.0 Å². The molecule has 1 N–H and O–H groups in total. The summed E-state index contributed by atoms with van der Waals surface area (Å²) < 4.78 is 5.54. The molecule has 0 aromatic carbocycles. The van der Waals surface area contributed by atoms with Crippen molar-refractivity contribution in [3.63, 3.8) is 0 Å². The maximum Gasteiger partial charge on any atom is 0.323 e. The van der Waals surface area contributed by atoms with Gasteiger partial charge >= 0.3 is 6.01 Å². The van der Waals surface area contributed by atoms with Gasteiger partial charge in [-0.1, -0.05) is 6.92 Å². The second-order valence-corrected chi connectivity index (χ2v) is 5.39. The molecule has 0 atom stereocenters. The van der Waals surface area contributed by atoms with Crippen molar-refractivity contribution in [1.82, 2.24) is 15.0 Å². The number of hydrogen-bond acceptors (Lipinski definition) is 7. The number of anilines is 2. The Morgan fingerprint density at radius 2 is 2.14 bits per heavy atom. The minimum Gasteiger partial charge on any atom is -0.463 e. The van der Waals surface area contributed by atoms with Crippen molar-refractivity contribution in [3.05, 3.63) is 22.4 Å².